The smallest absolute Gasteiger partial charge is 0.424 e. The molecule has 0 saturated carbocycles. The average Bonchev–Trinajstić information content (AvgIpc) is 2.82. The van der Waals surface area contributed by atoms with Gasteiger partial charge in [-0.3, -0.25) is 0 Å². The molecule has 0 amide bonds. The van der Waals surface area contributed by atoms with E-state index in [0.29, 0.717) is 10.8 Å². The summed E-state index contributed by atoms with van der Waals surface area (Å²) in [6, 6.07) is 2.46. The molecule has 0 fully saturated rings. The lowest BCUT2D eigenvalue weighted by Crippen LogP contribution is -2.16. The van der Waals surface area contributed by atoms with Crippen molar-refractivity contribution < 1.29 is 13.5 Å². The van der Waals surface area contributed by atoms with Gasteiger partial charge in [-0.15, -0.1) is 18.2 Å². The van der Waals surface area contributed by atoms with Gasteiger partial charge in [0.05, 0.1) is 10.7 Å². The molecule has 0 atom stereocenters. The number of hydrogen-bond donors (Lipinski definition) is 0. The van der Waals surface area contributed by atoms with Crippen molar-refractivity contribution in [1.29, 1.82) is 0 Å². The highest BCUT2D eigenvalue weighted by molar-refractivity contribution is 7.99. The van der Waals surface area contributed by atoms with E-state index < -0.39 is 17.0 Å². The van der Waals surface area contributed by atoms with Gasteiger partial charge in [-0.05, 0) is 6.07 Å². The van der Waals surface area contributed by atoms with Crippen molar-refractivity contribution in [2.45, 2.75) is 50.3 Å². The molecule has 0 radical (unpaired) electrons. The van der Waals surface area contributed by atoms with Crippen LogP contribution in [0.5, 0.6) is 5.75 Å². The molecule has 0 saturated heterocycles. The molecule has 4 nitrogen and oxygen atoms in total. The summed E-state index contributed by atoms with van der Waals surface area (Å²) < 4.78 is 26.7. The third-order valence-corrected chi connectivity index (χ3v) is 4.71. The lowest BCUT2D eigenvalue weighted by atomic mass is 9.94. The van der Waals surface area contributed by atoms with Crippen LogP contribution in [0.3, 0.4) is 0 Å². The van der Waals surface area contributed by atoms with Crippen LogP contribution >= 0.6 is 23.4 Å². The fraction of sp³-hybridized carbons (Fsp3) is 0.421. The molecule has 7 heteroatoms. The standard InChI is InChI=1S/C19H21ClFNO3S/c1-7-8-24-15-10-14(13(21)9-12(15)20)22-17(26-11(2)3)16(19(4,5)6)25-18(22)23/h1,9-11H,8H2,2-6H3. The predicted octanol–water partition coefficient (Wildman–Crippen LogP) is 5.03. The SMILES string of the molecule is C#CCOc1cc(-n2c(SC(C)C)c(C(C)(C)C)oc2=O)c(F)cc1Cl. The van der Waals surface area contributed by atoms with Crippen LogP contribution < -0.4 is 10.5 Å². The molecule has 1 heterocycles. The van der Waals surface area contributed by atoms with E-state index in [1.165, 1.54) is 22.4 Å². The Bertz CT molecular complexity index is 903. The number of nitrogens with zero attached hydrogens (tertiary/aromatic N) is 1. The molecule has 1 aromatic heterocycles. The van der Waals surface area contributed by atoms with Crippen molar-refractivity contribution in [1.82, 2.24) is 4.57 Å². The molecule has 0 aliphatic rings. The first-order valence-electron chi connectivity index (χ1n) is 8.05. The van der Waals surface area contributed by atoms with Gasteiger partial charge in [0, 0.05) is 16.7 Å². The summed E-state index contributed by atoms with van der Waals surface area (Å²) in [5.74, 6) is 1.71. The van der Waals surface area contributed by atoms with Gasteiger partial charge in [0.25, 0.3) is 0 Å². The Morgan fingerprint density at radius 3 is 2.62 bits per heavy atom. The molecular formula is C19H21ClFNO3S. The second-order valence-electron chi connectivity index (χ2n) is 6.98. The number of hydrogen-bond acceptors (Lipinski definition) is 4. The summed E-state index contributed by atoms with van der Waals surface area (Å²) >= 11 is 7.44. The third-order valence-electron chi connectivity index (χ3n) is 3.35. The highest BCUT2D eigenvalue weighted by Gasteiger charge is 2.30. The lowest BCUT2D eigenvalue weighted by Gasteiger charge is -2.18. The van der Waals surface area contributed by atoms with E-state index in [0.717, 1.165) is 6.07 Å². The zero-order valence-electron chi connectivity index (χ0n) is 15.4. The molecule has 140 valence electrons. The van der Waals surface area contributed by atoms with Gasteiger partial charge in [0.1, 0.15) is 29.0 Å². The van der Waals surface area contributed by atoms with Gasteiger partial charge >= 0.3 is 5.76 Å². The minimum absolute atomic E-state index is 0.00817. The van der Waals surface area contributed by atoms with Gasteiger partial charge in [-0.1, -0.05) is 52.1 Å². The van der Waals surface area contributed by atoms with Gasteiger partial charge in [0.15, 0.2) is 0 Å². The molecular weight excluding hydrogens is 377 g/mol. The fourth-order valence-corrected chi connectivity index (χ4v) is 3.68. The number of thioether (sulfide) groups is 1. The molecule has 1 aromatic carbocycles. The number of oxazole rings is 1. The molecule has 0 unspecified atom stereocenters. The quantitative estimate of drug-likeness (QED) is 0.524. The Morgan fingerprint density at radius 1 is 1.42 bits per heavy atom. The molecule has 0 aliphatic carbocycles. The van der Waals surface area contributed by atoms with E-state index in [1.54, 1.807) is 0 Å². The summed E-state index contributed by atoms with van der Waals surface area (Å²) in [5, 5.41) is 0.792. The first-order valence-corrected chi connectivity index (χ1v) is 9.30. The van der Waals surface area contributed by atoms with Crippen molar-refractivity contribution in [3.8, 4) is 23.8 Å². The van der Waals surface area contributed by atoms with Crippen molar-refractivity contribution in [2.24, 2.45) is 0 Å². The Hall–Kier alpha value is -1.84. The first kappa shape index (κ1) is 20.5. The summed E-state index contributed by atoms with van der Waals surface area (Å²) in [7, 11) is 0. The van der Waals surface area contributed by atoms with E-state index in [9.17, 15) is 9.18 Å². The number of benzene rings is 1. The Kier molecular flexibility index (Phi) is 6.15. The molecule has 0 bridgehead atoms. The largest absolute Gasteiger partial charge is 0.479 e. The maximum atomic E-state index is 14.7. The molecule has 26 heavy (non-hydrogen) atoms. The highest BCUT2D eigenvalue weighted by atomic mass is 35.5. The monoisotopic (exact) mass is 397 g/mol. The third kappa shape index (κ3) is 4.28. The number of aromatic nitrogens is 1. The minimum Gasteiger partial charge on any atom is -0.479 e. The van der Waals surface area contributed by atoms with E-state index in [4.69, 9.17) is 27.2 Å². The van der Waals surface area contributed by atoms with Crippen LogP contribution in [0.25, 0.3) is 5.69 Å². The van der Waals surface area contributed by atoms with Crippen molar-refractivity contribution in [2.75, 3.05) is 6.61 Å². The van der Waals surface area contributed by atoms with Crippen molar-refractivity contribution in [3.63, 3.8) is 0 Å². The van der Waals surface area contributed by atoms with E-state index in [-0.39, 0.29) is 28.3 Å². The van der Waals surface area contributed by atoms with E-state index >= 15 is 0 Å². The molecule has 2 rings (SSSR count). The van der Waals surface area contributed by atoms with Gasteiger partial charge < -0.3 is 9.15 Å². The number of ether oxygens (including phenoxy) is 1. The normalized spacial score (nSPS) is 11.7. The van der Waals surface area contributed by atoms with Gasteiger partial charge in [0.2, 0.25) is 0 Å². The summed E-state index contributed by atoms with van der Waals surface area (Å²) in [6.07, 6.45) is 5.19. The van der Waals surface area contributed by atoms with Crippen molar-refractivity contribution >= 4 is 23.4 Å². The molecule has 2 aromatic rings. The van der Waals surface area contributed by atoms with Crippen LogP contribution in [0.4, 0.5) is 4.39 Å². The number of terminal acetylenes is 1. The van der Waals surface area contributed by atoms with Crippen LogP contribution in [0.1, 0.15) is 40.4 Å². The second kappa shape index (κ2) is 7.81. The summed E-state index contributed by atoms with van der Waals surface area (Å²) in [6.45, 7) is 9.74. The van der Waals surface area contributed by atoms with Crippen LogP contribution in [0, 0.1) is 18.2 Å². The fourth-order valence-electron chi connectivity index (χ4n) is 2.29. The van der Waals surface area contributed by atoms with Crippen molar-refractivity contribution in [3.05, 3.63) is 39.3 Å². The zero-order valence-corrected chi connectivity index (χ0v) is 16.9. The number of halogens is 2. The zero-order chi connectivity index (χ0) is 19.6. The van der Waals surface area contributed by atoms with E-state index in [2.05, 4.69) is 5.92 Å². The predicted molar refractivity (Wildman–Crippen MR) is 103 cm³/mol. The minimum atomic E-state index is -0.665. The van der Waals surface area contributed by atoms with Crippen LogP contribution in [-0.4, -0.2) is 16.4 Å². The maximum absolute atomic E-state index is 14.7. The highest BCUT2D eigenvalue weighted by Crippen LogP contribution is 2.37. The molecule has 0 N–H and O–H groups in total. The van der Waals surface area contributed by atoms with Gasteiger partial charge in [-0.2, -0.15) is 0 Å². The Labute approximate surface area is 161 Å². The van der Waals surface area contributed by atoms with Crippen LogP contribution in [0.15, 0.2) is 26.4 Å². The summed E-state index contributed by atoms with van der Waals surface area (Å²) in [5.41, 5.74) is -0.415. The van der Waals surface area contributed by atoms with Gasteiger partial charge in [-0.25, -0.2) is 13.8 Å². The summed E-state index contributed by atoms with van der Waals surface area (Å²) in [4.78, 5) is 12.6. The molecule has 0 spiro atoms. The van der Waals surface area contributed by atoms with Crippen LogP contribution in [0.2, 0.25) is 5.02 Å². The average molecular weight is 398 g/mol. The van der Waals surface area contributed by atoms with E-state index in [1.807, 2.05) is 34.6 Å². The lowest BCUT2D eigenvalue weighted by molar-refractivity contribution is 0.369. The second-order valence-corrected chi connectivity index (χ2v) is 8.95. The Balaban J connectivity index is 2.74. The van der Waals surface area contributed by atoms with Crippen LogP contribution in [-0.2, 0) is 5.41 Å². The first-order chi connectivity index (χ1) is 12.1. The number of rotatable bonds is 5. The maximum Gasteiger partial charge on any atom is 0.424 e. The Morgan fingerprint density at radius 2 is 2.08 bits per heavy atom. The molecule has 0 aliphatic heterocycles. The topological polar surface area (TPSA) is 44.4 Å².